The number of para-hydroxylation sites is 1. The molecule has 0 spiro atoms. The van der Waals surface area contributed by atoms with E-state index in [0.717, 1.165) is 21.5 Å². The smallest absolute Gasteiger partial charge is 0.252 e. The molecule has 5 heteroatoms. The third kappa shape index (κ3) is 2.64. The first kappa shape index (κ1) is 13.0. The quantitative estimate of drug-likeness (QED) is 0.775. The van der Waals surface area contributed by atoms with Crippen molar-refractivity contribution in [3.8, 4) is 0 Å². The lowest BCUT2D eigenvalue weighted by molar-refractivity contribution is 0.569. The first-order chi connectivity index (χ1) is 9.74. The number of nitrogens with zero attached hydrogens (tertiary/aromatic N) is 1. The Kier molecular flexibility index (Phi) is 3.62. The topological polar surface area (TPSA) is 57.8 Å². The van der Waals surface area contributed by atoms with E-state index in [-0.39, 0.29) is 11.6 Å². The van der Waals surface area contributed by atoms with Gasteiger partial charge in [0, 0.05) is 29.2 Å². The van der Waals surface area contributed by atoms with Gasteiger partial charge in [-0.05, 0) is 24.4 Å². The summed E-state index contributed by atoms with van der Waals surface area (Å²) in [4.78, 5) is 19.2. The molecule has 0 fully saturated rings. The van der Waals surface area contributed by atoms with Gasteiger partial charge in [-0.3, -0.25) is 4.79 Å². The zero-order valence-corrected chi connectivity index (χ0v) is 11.9. The minimum absolute atomic E-state index is 0.0393. The molecule has 0 saturated carbocycles. The third-order valence-corrected chi connectivity index (χ3v) is 4.21. The van der Waals surface area contributed by atoms with Gasteiger partial charge in [0.25, 0.3) is 5.56 Å². The maximum absolute atomic E-state index is 12.0. The van der Waals surface area contributed by atoms with E-state index in [1.165, 1.54) is 0 Å². The number of rotatable bonds is 4. The lowest BCUT2D eigenvalue weighted by Gasteiger charge is -2.11. The van der Waals surface area contributed by atoms with Gasteiger partial charge < -0.3 is 10.3 Å². The van der Waals surface area contributed by atoms with Crippen molar-refractivity contribution in [3.05, 3.63) is 62.8 Å². The number of benzene rings is 1. The molecule has 1 atom stereocenters. The Labute approximate surface area is 120 Å². The van der Waals surface area contributed by atoms with Crippen molar-refractivity contribution in [1.29, 1.82) is 0 Å². The highest BCUT2D eigenvalue weighted by Gasteiger charge is 2.09. The molecule has 0 aliphatic rings. The summed E-state index contributed by atoms with van der Waals surface area (Å²) in [6.07, 6.45) is 1.79. The Bertz CT molecular complexity index is 764. The number of aromatic nitrogens is 2. The number of hydrogen-bond acceptors (Lipinski definition) is 4. The Morgan fingerprint density at radius 2 is 2.25 bits per heavy atom. The monoisotopic (exact) mass is 285 g/mol. The van der Waals surface area contributed by atoms with Gasteiger partial charge in [-0.1, -0.05) is 18.2 Å². The molecule has 2 aromatic heterocycles. The molecule has 2 N–H and O–H groups in total. The van der Waals surface area contributed by atoms with Crippen molar-refractivity contribution in [3.63, 3.8) is 0 Å². The number of H-pyrrole nitrogens is 1. The molecule has 0 aliphatic heterocycles. The summed E-state index contributed by atoms with van der Waals surface area (Å²) >= 11 is 1.61. The average molecular weight is 285 g/mol. The molecule has 20 heavy (non-hydrogen) atoms. The summed E-state index contributed by atoms with van der Waals surface area (Å²) in [6, 6.07) is 9.87. The second-order valence-electron chi connectivity index (χ2n) is 4.68. The summed E-state index contributed by atoms with van der Waals surface area (Å²) in [5.41, 5.74) is 1.57. The fraction of sp³-hybridized carbons (Fsp3) is 0.200. The first-order valence-corrected chi connectivity index (χ1v) is 7.36. The largest absolute Gasteiger partial charge is 0.322 e. The fourth-order valence-electron chi connectivity index (χ4n) is 2.12. The molecule has 2 heterocycles. The van der Waals surface area contributed by atoms with E-state index in [2.05, 4.69) is 15.3 Å². The van der Waals surface area contributed by atoms with Crippen LogP contribution in [0.15, 0.2) is 46.7 Å². The third-order valence-electron chi connectivity index (χ3n) is 3.25. The normalized spacial score (nSPS) is 12.7. The minimum atomic E-state index is -0.0393. The number of aromatic amines is 1. The molecule has 1 unspecified atom stereocenters. The van der Waals surface area contributed by atoms with E-state index in [1.807, 2.05) is 42.6 Å². The van der Waals surface area contributed by atoms with Crippen molar-refractivity contribution in [1.82, 2.24) is 15.3 Å². The number of thiazole rings is 1. The molecule has 102 valence electrons. The van der Waals surface area contributed by atoms with Crippen molar-refractivity contribution in [2.75, 3.05) is 0 Å². The van der Waals surface area contributed by atoms with Gasteiger partial charge in [0.2, 0.25) is 0 Å². The molecule has 0 bridgehead atoms. The van der Waals surface area contributed by atoms with Crippen LogP contribution in [0, 0.1) is 0 Å². The highest BCUT2D eigenvalue weighted by Crippen LogP contribution is 2.15. The molecular weight excluding hydrogens is 270 g/mol. The number of nitrogens with one attached hydrogen (secondary N) is 2. The van der Waals surface area contributed by atoms with Crippen LogP contribution in [0.2, 0.25) is 0 Å². The average Bonchev–Trinajstić information content (AvgIpc) is 2.99. The summed E-state index contributed by atoms with van der Waals surface area (Å²) in [7, 11) is 0. The minimum Gasteiger partial charge on any atom is -0.322 e. The van der Waals surface area contributed by atoms with E-state index in [0.29, 0.717) is 6.54 Å². The maximum atomic E-state index is 12.0. The van der Waals surface area contributed by atoms with E-state index >= 15 is 0 Å². The number of pyridine rings is 1. The molecule has 1 aromatic carbocycles. The Morgan fingerprint density at radius 3 is 3.05 bits per heavy atom. The molecule has 0 saturated heterocycles. The Hall–Kier alpha value is -1.98. The van der Waals surface area contributed by atoms with E-state index in [4.69, 9.17) is 0 Å². The standard InChI is InChI=1S/C15H15N3OS/c1-10(15-16-6-7-20-15)17-9-12-8-11-4-2-3-5-13(11)18-14(12)19/h2-8,10,17H,9H2,1H3,(H,18,19). The molecule has 3 rings (SSSR count). The SMILES string of the molecule is CC(NCc1cc2ccccc2[nH]c1=O)c1nccs1. The molecule has 3 aromatic rings. The van der Waals surface area contributed by atoms with E-state index in [9.17, 15) is 4.79 Å². The molecule has 0 aliphatic carbocycles. The zero-order valence-electron chi connectivity index (χ0n) is 11.1. The lowest BCUT2D eigenvalue weighted by atomic mass is 10.1. The van der Waals surface area contributed by atoms with Crippen molar-refractivity contribution in [2.24, 2.45) is 0 Å². The van der Waals surface area contributed by atoms with Crippen LogP contribution >= 0.6 is 11.3 Å². The van der Waals surface area contributed by atoms with Gasteiger partial charge in [0.05, 0.1) is 6.04 Å². The van der Waals surface area contributed by atoms with E-state index < -0.39 is 0 Å². The van der Waals surface area contributed by atoms with Gasteiger partial charge in [-0.25, -0.2) is 4.98 Å². The van der Waals surface area contributed by atoms with Gasteiger partial charge in [-0.15, -0.1) is 11.3 Å². The van der Waals surface area contributed by atoms with Crippen LogP contribution < -0.4 is 10.9 Å². The van der Waals surface area contributed by atoms with Crippen LogP contribution in [-0.4, -0.2) is 9.97 Å². The highest BCUT2D eigenvalue weighted by molar-refractivity contribution is 7.09. The second kappa shape index (κ2) is 5.56. The summed E-state index contributed by atoms with van der Waals surface area (Å²) < 4.78 is 0. The summed E-state index contributed by atoms with van der Waals surface area (Å²) in [5.74, 6) is 0. The Balaban J connectivity index is 1.80. The van der Waals surface area contributed by atoms with Crippen LogP contribution in [0.4, 0.5) is 0 Å². The predicted molar refractivity (Wildman–Crippen MR) is 81.9 cm³/mol. The molecular formula is C15H15N3OS. The van der Waals surface area contributed by atoms with E-state index in [1.54, 1.807) is 17.5 Å². The van der Waals surface area contributed by atoms with Gasteiger partial charge in [0.15, 0.2) is 0 Å². The van der Waals surface area contributed by atoms with Crippen LogP contribution in [-0.2, 0) is 6.54 Å². The maximum Gasteiger partial charge on any atom is 0.252 e. The van der Waals surface area contributed by atoms with Crippen molar-refractivity contribution in [2.45, 2.75) is 19.5 Å². The van der Waals surface area contributed by atoms with Crippen LogP contribution in [0.1, 0.15) is 23.5 Å². The molecule has 4 nitrogen and oxygen atoms in total. The number of fused-ring (bicyclic) bond motifs is 1. The first-order valence-electron chi connectivity index (χ1n) is 6.48. The summed E-state index contributed by atoms with van der Waals surface area (Å²) in [5, 5.41) is 7.37. The fourth-order valence-corrected chi connectivity index (χ4v) is 2.79. The van der Waals surface area contributed by atoms with Crippen LogP contribution in [0.5, 0.6) is 0 Å². The predicted octanol–water partition coefficient (Wildman–Crippen LogP) is 2.84. The molecule has 0 radical (unpaired) electrons. The van der Waals surface area contributed by atoms with Gasteiger partial charge >= 0.3 is 0 Å². The zero-order chi connectivity index (χ0) is 13.9. The second-order valence-corrected chi connectivity index (χ2v) is 5.61. The number of hydrogen-bond donors (Lipinski definition) is 2. The lowest BCUT2D eigenvalue weighted by Crippen LogP contribution is -2.23. The van der Waals surface area contributed by atoms with Gasteiger partial charge in [0.1, 0.15) is 5.01 Å². The van der Waals surface area contributed by atoms with Crippen LogP contribution in [0.25, 0.3) is 10.9 Å². The Morgan fingerprint density at radius 1 is 1.40 bits per heavy atom. The molecule has 0 amide bonds. The summed E-state index contributed by atoms with van der Waals surface area (Å²) in [6.45, 7) is 2.58. The van der Waals surface area contributed by atoms with Gasteiger partial charge in [-0.2, -0.15) is 0 Å². The highest BCUT2D eigenvalue weighted by atomic mass is 32.1. The van der Waals surface area contributed by atoms with Crippen molar-refractivity contribution >= 4 is 22.2 Å². The van der Waals surface area contributed by atoms with Crippen LogP contribution in [0.3, 0.4) is 0 Å². The van der Waals surface area contributed by atoms with Crippen molar-refractivity contribution < 1.29 is 0 Å².